The van der Waals surface area contributed by atoms with Crippen LogP contribution in [0.2, 0.25) is 0 Å². The molecule has 0 radical (unpaired) electrons. The number of phenols is 1. The molecule has 11 aromatic rings. The summed E-state index contributed by atoms with van der Waals surface area (Å²) in [6, 6.07) is 64.1. The van der Waals surface area contributed by atoms with Crippen molar-refractivity contribution in [3.8, 4) is 73.2 Å². The molecule has 1 N–H and O–H groups in total. The summed E-state index contributed by atoms with van der Waals surface area (Å²) in [6.45, 7) is 34.3. The standard InChI is InChI=1S/C74H76N4O/c1-70(2,3)51-38-49(59-28-22-31-65-68(59)76-69(61-26-17-19-32-66(61)79)78(65)57-44-54(73(10,11)12)43-55(45-57)74(13,14)15)35-50(39-51)62-41-47(33-34-75-62)58-27-21-30-64-67(58)60-25-16-18-29-63(60)77(64)56-24-20-23-46(40-56)48-36-52(71(4,5)6)42-53(37-48)72(7,8)9/h16-45,79H,1-15H3. The predicted octanol–water partition coefficient (Wildman–Crippen LogP) is 20.0. The maximum absolute atomic E-state index is 11.5. The third-order valence-corrected chi connectivity index (χ3v) is 16.0. The maximum Gasteiger partial charge on any atom is 0.149 e. The molecule has 0 fully saturated rings. The molecule has 79 heavy (non-hydrogen) atoms. The van der Waals surface area contributed by atoms with Gasteiger partial charge in [-0.3, -0.25) is 9.55 Å². The van der Waals surface area contributed by atoms with E-state index >= 15 is 0 Å². The average molecular weight is 1040 g/mol. The third-order valence-electron chi connectivity index (χ3n) is 16.0. The van der Waals surface area contributed by atoms with Crippen LogP contribution in [0.1, 0.15) is 132 Å². The van der Waals surface area contributed by atoms with Crippen LogP contribution in [0.4, 0.5) is 0 Å². The highest BCUT2D eigenvalue weighted by atomic mass is 16.3. The molecule has 3 heterocycles. The van der Waals surface area contributed by atoms with E-state index in [0.717, 1.165) is 67.0 Å². The molecule has 0 aliphatic rings. The molecule has 3 aromatic heterocycles. The van der Waals surface area contributed by atoms with Gasteiger partial charge in [0, 0.05) is 39.5 Å². The minimum Gasteiger partial charge on any atom is -0.507 e. The number of rotatable bonds is 7. The van der Waals surface area contributed by atoms with Gasteiger partial charge in [-0.15, -0.1) is 0 Å². The van der Waals surface area contributed by atoms with E-state index in [4.69, 9.17) is 9.97 Å². The summed E-state index contributed by atoms with van der Waals surface area (Å²) in [5.41, 5.74) is 21.7. The molecular weight excluding hydrogens is 961 g/mol. The van der Waals surface area contributed by atoms with Crippen molar-refractivity contribution in [1.29, 1.82) is 0 Å². The second kappa shape index (κ2) is 19.1. The fourth-order valence-electron chi connectivity index (χ4n) is 11.2. The van der Waals surface area contributed by atoms with Gasteiger partial charge < -0.3 is 9.67 Å². The van der Waals surface area contributed by atoms with Gasteiger partial charge in [0.05, 0.1) is 33.3 Å². The molecule has 0 spiro atoms. The topological polar surface area (TPSA) is 55.9 Å². The van der Waals surface area contributed by atoms with Gasteiger partial charge >= 0.3 is 0 Å². The molecule has 11 rings (SSSR count). The Morgan fingerprint density at radius 1 is 0.354 bits per heavy atom. The molecule has 8 aromatic carbocycles. The summed E-state index contributed by atoms with van der Waals surface area (Å²) < 4.78 is 4.69. The molecule has 0 saturated heterocycles. The molecule has 5 heteroatoms. The van der Waals surface area contributed by atoms with Crippen molar-refractivity contribution < 1.29 is 5.11 Å². The highest BCUT2D eigenvalue weighted by Gasteiger charge is 2.27. The minimum atomic E-state index is -0.178. The Hall–Kier alpha value is -8.02. The van der Waals surface area contributed by atoms with Crippen molar-refractivity contribution in [3.05, 3.63) is 210 Å². The first kappa shape index (κ1) is 53.0. The molecule has 0 bridgehead atoms. The van der Waals surface area contributed by atoms with Gasteiger partial charge in [-0.2, -0.15) is 0 Å². The van der Waals surface area contributed by atoms with Crippen LogP contribution in [0.25, 0.3) is 100 Å². The van der Waals surface area contributed by atoms with Crippen molar-refractivity contribution in [2.45, 2.75) is 131 Å². The van der Waals surface area contributed by atoms with Gasteiger partial charge in [-0.25, -0.2) is 4.98 Å². The second-order valence-electron chi connectivity index (χ2n) is 27.1. The lowest BCUT2D eigenvalue weighted by atomic mass is 9.79. The Labute approximate surface area is 468 Å². The Bertz CT molecular complexity index is 4100. The summed E-state index contributed by atoms with van der Waals surface area (Å²) in [4.78, 5) is 10.7. The summed E-state index contributed by atoms with van der Waals surface area (Å²) in [5.74, 6) is 0.880. The Kier molecular flexibility index (Phi) is 12.8. The van der Waals surface area contributed by atoms with E-state index in [1.807, 2.05) is 24.4 Å². The van der Waals surface area contributed by atoms with Crippen molar-refractivity contribution >= 4 is 32.8 Å². The van der Waals surface area contributed by atoms with Crippen LogP contribution < -0.4 is 0 Å². The van der Waals surface area contributed by atoms with Crippen molar-refractivity contribution in [3.63, 3.8) is 0 Å². The lowest BCUT2D eigenvalue weighted by molar-refractivity contribution is 0.477. The number of imidazole rings is 1. The van der Waals surface area contributed by atoms with E-state index in [-0.39, 0.29) is 32.8 Å². The highest BCUT2D eigenvalue weighted by Crippen LogP contribution is 2.44. The number of para-hydroxylation sites is 3. The minimum absolute atomic E-state index is 0.0115. The van der Waals surface area contributed by atoms with E-state index < -0.39 is 0 Å². The van der Waals surface area contributed by atoms with Crippen molar-refractivity contribution in [1.82, 2.24) is 19.1 Å². The number of phenolic OH excluding ortho intramolecular Hbond substituents is 1. The van der Waals surface area contributed by atoms with Crippen LogP contribution >= 0.6 is 0 Å². The summed E-state index contributed by atoms with van der Waals surface area (Å²) in [5, 5.41) is 13.9. The average Bonchev–Trinajstić information content (AvgIpc) is 4.22. The summed E-state index contributed by atoms with van der Waals surface area (Å²) in [7, 11) is 0. The maximum atomic E-state index is 11.5. The first-order valence-electron chi connectivity index (χ1n) is 28.1. The highest BCUT2D eigenvalue weighted by molar-refractivity contribution is 6.16. The molecule has 0 aliphatic heterocycles. The lowest BCUT2D eigenvalue weighted by Gasteiger charge is -2.27. The van der Waals surface area contributed by atoms with Gasteiger partial charge in [0.25, 0.3) is 0 Å². The Morgan fingerprint density at radius 2 is 0.873 bits per heavy atom. The SMILES string of the molecule is CC(C)(C)c1cc(-c2cc(-c3cccc4c3c3ccccc3n4-c3cccc(-c4cc(C(C)(C)C)cc(C(C)(C)C)c4)c3)ccn2)cc(-c2cccc3c2nc(-c2ccccc2O)n3-c2cc(C(C)(C)C)cc(C(C)(C)C)c2)c1. The number of fused-ring (bicyclic) bond motifs is 4. The van der Waals surface area contributed by atoms with Gasteiger partial charge in [0.2, 0.25) is 0 Å². The molecule has 0 saturated carbocycles. The van der Waals surface area contributed by atoms with E-state index in [0.29, 0.717) is 11.4 Å². The number of nitrogens with zero attached hydrogens (tertiary/aromatic N) is 4. The van der Waals surface area contributed by atoms with Crippen LogP contribution in [-0.4, -0.2) is 24.2 Å². The fraction of sp³-hybridized carbons (Fsp3) is 0.270. The summed E-state index contributed by atoms with van der Waals surface area (Å²) in [6.07, 6.45) is 1.96. The zero-order valence-corrected chi connectivity index (χ0v) is 49.1. The molecule has 0 atom stereocenters. The zero-order chi connectivity index (χ0) is 56.1. The first-order chi connectivity index (χ1) is 37.2. The van der Waals surface area contributed by atoms with Gasteiger partial charge in [0.1, 0.15) is 11.6 Å². The molecule has 5 nitrogen and oxygen atoms in total. The number of aromatic hydroxyl groups is 1. The molecular formula is C74H76N4O. The third kappa shape index (κ3) is 9.98. The number of hydrogen-bond donors (Lipinski definition) is 1. The van der Waals surface area contributed by atoms with Crippen LogP contribution in [0.5, 0.6) is 5.75 Å². The lowest BCUT2D eigenvalue weighted by Crippen LogP contribution is -2.17. The van der Waals surface area contributed by atoms with Crippen LogP contribution in [-0.2, 0) is 27.1 Å². The second-order valence-corrected chi connectivity index (χ2v) is 27.1. The van der Waals surface area contributed by atoms with Gasteiger partial charge in [-0.05, 0) is 162 Å². The van der Waals surface area contributed by atoms with Crippen LogP contribution in [0.15, 0.2) is 182 Å². The first-order valence-corrected chi connectivity index (χ1v) is 28.1. The van der Waals surface area contributed by atoms with Crippen LogP contribution in [0, 0.1) is 0 Å². The van der Waals surface area contributed by atoms with E-state index in [1.165, 1.54) is 49.7 Å². The van der Waals surface area contributed by atoms with Crippen LogP contribution in [0.3, 0.4) is 0 Å². The number of benzene rings is 8. The molecule has 0 unspecified atom stereocenters. The predicted molar refractivity (Wildman–Crippen MR) is 336 cm³/mol. The van der Waals surface area contributed by atoms with Crippen molar-refractivity contribution in [2.24, 2.45) is 0 Å². The van der Waals surface area contributed by atoms with E-state index in [2.05, 4.69) is 265 Å². The largest absolute Gasteiger partial charge is 0.507 e. The fourth-order valence-corrected chi connectivity index (χ4v) is 11.2. The molecule has 0 aliphatic carbocycles. The monoisotopic (exact) mass is 1040 g/mol. The Balaban J connectivity index is 1.06. The van der Waals surface area contributed by atoms with Gasteiger partial charge in [-0.1, -0.05) is 201 Å². The normalized spacial score (nSPS) is 12.8. The zero-order valence-electron chi connectivity index (χ0n) is 49.1. The summed E-state index contributed by atoms with van der Waals surface area (Å²) >= 11 is 0. The molecule has 0 amide bonds. The number of aromatic nitrogens is 4. The smallest absolute Gasteiger partial charge is 0.149 e. The Morgan fingerprint density at radius 3 is 1.52 bits per heavy atom. The number of hydrogen-bond acceptors (Lipinski definition) is 3. The van der Waals surface area contributed by atoms with E-state index in [9.17, 15) is 5.11 Å². The quantitative estimate of drug-likeness (QED) is 0.173. The number of pyridine rings is 1. The van der Waals surface area contributed by atoms with Gasteiger partial charge in [0.15, 0.2) is 0 Å². The van der Waals surface area contributed by atoms with Crippen molar-refractivity contribution in [2.75, 3.05) is 0 Å². The van der Waals surface area contributed by atoms with E-state index in [1.54, 1.807) is 6.07 Å². The molecule has 398 valence electrons.